The van der Waals surface area contributed by atoms with Gasteiger partial charge in [-0.15, -0.1) is 0 Å². The van der Waals surface area contributed by atoms with Crippen molar-refractivity contribution < 1.29 is 4.39 Å². The first kappa shape index (κ1) is 15.3. The number of hydrogen-bond acceptors (Lipinski definition) is 2. The zero-order chi connectivity index (χ0) is 14.7. The summed E-state index contributed by atoms with van der Waals surface area (Å²) in [4.78, 5) is 0. The molecule has 2 aromatic carbocycles. The molecule has 2 nitrogen and oxygen atoms in total. The molecule has 0 heterocycles. The highest BCUT2D eigenvalue weighted by Gasteiger charge is 2.15. The third kappa shape index (κ3) is 3.49. The molecule has 0 aromatic heterocycles. The van der Waals surface area contributed by atoms with E-state index in [0.29, 0.717) is 22.0 Å². The second kappa shape index (κ2) is 6.55. The van der Waals surface area contributed by atoms with Crippen molar-refractivity contribution >= 4 is 23.2 Å². The minimum absolute atomic E-state index is 0.187. The molecule has 2 aromatic rings. The fourth-order valence-electron chi connectivity index (χ4n) is 2.17. The Morgan fingerprint density at radius 1 is 1.20 bits per heavy atom. The first-order chi connectivity index (χ1) is 9.51. The van der Waals surface area contributed by atoms with E-state index < -0.39 is 0 Å². The fourth-order valence-corrected chi connectivity index (χ4v) is 2.54. The van der Waals surface area contributed by atoms with Crippen LogP contribution in [0, 0.1) is 12.7 Å². The zero-order valence-corrected chi connectivity index (χ0v) is 12.5. The van der Waals surface area contributed by atoms with Gasteiger partial charge in [0.2, 0.25) is 0 Å². The van der Waals surface area contributed by atoms with Gasteiger partial charge in [-0.3, -0.25) is 11.3 Å². The summed E-state index contributed by atoms with van der Waals surface area (Å²) in [6, 6.07) is 9.72. The molecule has 1 atom stereocenters. The van der Waals surface area contributed by atoms with Crippen molar-refractivity contribution in [3.63, 3.8) is 0 Å². The largest absolute Gasteiger partial charge is 0.271 e. The molecule has 0 aliphatic heterocycles. The molecule has 5 heteroatoms. The van der Waals surface area contributed by atoms with E-state index >= 15 is 0 Å². The monoisotopic (exact) mass is 312 g/mol. The smallest absolute Gasteiger partial charge is 0.123 e. The summed E-state index contributed by atoms with van der Waals surface area (Å²) in [6.45, 7) is 1.98. The molecule has 20 heavy (non-hydrogen) atoms. The van der Waals surface area contributed by atoms with Gasteiger partial charge in [0.15, 0.2) is 0 Å². The molecule has 1 unspecified atom stereocenters. The predicted molar refractivity (Wildman–Crippen MR) is 81.4 cm³/mol. The lowest BCUT2D eigenvalue weighted by Crippen LogP contribution is -2.30. The Balaban J connectivity index is 2.33. The number of hydrogen-bond donors (Lipinski definition) is 2. The summed E-state index contributed by atoms with van der Waals surface area (Å²) in [7, 11) is 0. The van der Waals surface area contributed by atoms with E-state index in [4.69, 9.17) is 29.0 Å². The quantitative estimate of drug-likeness (QED) is 0.656. The van der Waals surface area contributed by atoms with Crippen LogP contribution in [0.2, 0.25) is 10.0 Å². The van der Waals surface area contributed by atoms with E-state index in [9.17, 15) is 4.39 Å². The van der Waals surface area contributed by atoms with Gasteiger partial charge < -0.3 is 0 Å². The summed E-state index contributed by atoms with van der Waals surface area (Å²) in [5.74, 6) is 5.31. The Hall–Kier alpha value is -1.13. The maximum Gasteiger partial charge on any atom is 0.123 e. The number of rotatable bonds is 4. The average molecular weight is 313 g/mol. The SMILES string of the molecule is Cc1ccc(Cl)cc1C(Cc1cc(F)ccc1Cl)NN. The molecule has 3 N–H and O–H groups in total. The third-order valence-electron chi connectivity index (χ3n) is 3.25. The van der Waals surface area contributed by atoms with Crippen LogP contribution < -0.4 is 11.3 Å². The van der Waals surface area contributed by atoms with Gasteiger partial charge in [-0.1, -0.05) is 29.3 Å². The molecule has 0 saturated carbocycles. The molecule has 0 aliphatic rings. The Bertz CT molecular complexity index is 617. The highest BCUT2D eigenvalue weighted by atomic mass is 35.5. The second-order valence-electron chi connectivity index (χ2n) is 4.66. The van der Waals surface area contributed by atoms with Crippen molar-refractivity contribution in [3.8, 4) is 0 Å². The summed E-state index contributed by atoms with van der Waals surface area (Å²) < 4.78 is 13.3. The molecule has 0 radical (unpaired) electrons. The van der Waals surface area contributed by atoms with Crippen LogP contribution in [0.4, 0.5) is 4.39 Å². The number of hydrazine groups is 1. The molecule has 2 rings (SSSR count). The van der Waals surface area contributed by atoms with E-state index in [2.05, 4.69) is 5.43 Å². The molecule has 0 amide bonds. The first-order valence-corrected chi connectivity index (χ1v) is 6.93. The third-order valence-corrected chi connectivity index (χ3v) is 3.85. The topological polar surface area (TPSA) is 38.0 Å². The van der Waals surface area contributed by atoms with Crippen LogP contribution in [0.1, 0.15) is 22.7 Å². The lowest BCUT2D eigenvalue weighted by molar-refractivity contribution is 0.546. The van der Waals surface area contributed by atoms with Gasteiger partial charge in [-0.2, -0.15) is 0 Å². The minimum atomic E-state index is -0.317. The predicted octanol–water partition coefficient (Wildman–Crippen LogP) is 4.19. The van der Waals surface area contributed by atoms with Crippen LogP contribution in [0.3, 0.4) is 0 Å². The Morgan fingerprint density at radius 2 is 1.95 bits per heavy atom. The maximum absolute atomic E-state index is 13.3. The van der Waals surface area contributed by atoms with E-state index in [1.165, 1.54) is 12.1 Å². The molecular formula is C15H15Cl2FN2. The van der Waals surface area contributed by atoms with E-state index in [-0.39, 0.29) is 11.9 Å². The van der Waals surface area contributed by atoms with Crippen LogP contribution in [0.5, 0.6) is 0 Å². The average Bonchev–Trinajstić information content (AvgIpc) is 2.42. The van der Waals surface area contributed by atoms with Crippen molar-refractivity contribution in [2.75, 3.05) is 0 Å². The van der Waals surface area contributed by atoms with Gasteiger partial charge >= 0.3 is 0 Å². The van der Waals surface area contributed by atoms with Crippen LogP contribution >= 0.6 is 23.2 Å². The van der Waals surface area contributed by atoms with Crippen molar-refractivity contribution in [3.05, 3.63) is 69.0 Å². The Morgan fingerprint density at radius 3 is 2.65 bits per heavy atom. The van der Waals surface area contributed by atoms with Gasteiger partial charge in [0.05, 0.1) is 6.04 Å². The molecule has 106 valence electrons. The molecule has 0 bridgehead atoms. The fraction of sp³-hybridized carbons (Fsp3) is 0.200. The van der Waals surface area contributed by atoms with Gasteiger partial charge in [-0.25, -0.2) is 4.39 Å². The summed E-state index contributed by atoms with van der Waals surface area (Å²) in [5, 5.41) is 1.16. The van der Waals surface area contributed by atoms with Gasteiger partial charge in [0.25, 0.3) is 0 Å². The Kier molecular flexibility index (Phi) is 5.00. The van der Waals surface area contributed by atoms with Crippen LogP contribution in [-0.4, -0.2) is 0 Å². The molecule has 0 saturated heterocycles. The van der Waals surface area contributed by atoms with Crippen LogP contribution in [0.15, 0.2) is 36.4 Å². The van der Waals surface area contributed by atoms with Crippen molar-refractivity contribution in [1.82, 2.24) is 5.43 Å². The lowest BCUT2D eigenvalue weighted by atomic mass is 9.96. The highest BCUT2D eigenvalue weighted by molar-refractivity contribution is 6.31. The molecular weight excluding hydrogens is 298 g/mol. The van der Waals surface area contributed by atoms with Gasteiger partial charge in [-0.05, 0) is 60.4 Å². The summed E-state index contributed by atoms with van der Waals surface area (Å²) >= 11 is 12.1. The maximum atomic E-state index is 13.3. The Labute approximate surface area is 127 Å². The lowest BCUT2D eigenvalue weighted by Gasteiger charge is -2.19. The van der Waals surface area contributed by atoms with Gasteiger partial charge in [0, 0.05) is 10.0 Å². The van der Waals surface area contributed by atoms with Crippen molar-refractivity contribution in [2.24, 2.45) is 5.84 Å². The van der Waals surface area contributed by atoms with Crippen molar-refractivity contribution in [1.29, 1.82) is 0 Å². The minimum Gasteiger partial charge on any atom is -0.271 e. The highest BCUT2D eigenvalue weighted by Crippen LogP contribution is 2.27. The number of aryl methyl sites for hydroxylation is 1. The van der Waals surface area contributed by atoms with Crippen LogP contribution in [0.25, 0.3) is 0 Å². The summed E-state index contributed by atoms with van der Waals surface area (Å²) in [6.07, 6.45) is 0.480. The molecule has 0 spiro atoms. The number of halogens is 3. The zero-order valence-electron chi connectivity index (χ0n) is 11.0. The van der Waals surface area contributed by atoms with E-state index in [1.807, 2.05) is 25.1 Å². The second-order valence-corrected chi connectivity index (χ2v) is 5.50. The molecule has 0 aliphatic carbocycles. The van der Waals surface area contributed by atoms with Crippen molar-refractivity contribution in [2.45, 2.75) is 19.4 Å². The number of nitrogens with one attached hydrogen (secondary N) is 1. The standard InChI is InChI=1S/C15H15Cl2FN2/c1-9-2-3-11(16)8-13(9)15(20-19)7-10-6-12(18)4-5-14(10)17/h2-6,8,15,20H,7,19H2,1H3. The van der Waals surface area contributed by atoms with E-state index in [1.54, 1.807) is 6.07 Å². The molecule has 0 fully saturated rings. The first-order valence-electron chi connectivity index (χ1n) is 6.17. The normalized spacial score (nSPS) is 12.4. The van der Waals surface area contributed by atoms with Crippen LogP contribution in [-0.2, 0) is 6.42 Å². The van der Waals surface area contributed by atoms with E-state index in [0.717, 1.165) is 11.1 Å². The summed E-state index contributed by atoms with van der Waals surface area (Å²) in [5.41, 5.74) is 5.48. The number of benzene rings is 2. The number of nitrogens with two attached hydrogens (primary N) is 1. The van der Waals surface area contributed by atoms with Gasteiger partial charge in [0.1, 0.15) is 5.82 Å².